The lowest BCUT2D eigenvalue weighted by molar-refractivity contribution is 0.355. The van der Waals surface area contributed by atoms with Gasteiger partial charge in [0.25, 0.3) is 0 Å². The number of benzene rings is 1. The van der Waals surface area contributed by atoms with E-state index in [9.17, 15) is 0 Å². The molecule has 1 aromatic carbocycles. The summed E-state index contributed by atoms with van der Waals surface area (Å²) in [6, 6.07) is 7.49. The number of thioether (sulfide) groups is 1. The molecule has 0 fully saturated rings. The standard InChI is InChI=1S/C15H18ClNO3S/c1-18-14-6-12(16)13(7-15(14)19-2)17-8-10-4-5-11(20-10)9-21-3/h4-7,17H,8-9H2,1-3H3. The normalized spacial score (nSPS) is 10.5. The van der Waals surface area contributed by atoms with Crippen molar-refractivity contribution in [2.24, 2.45) is 0 Å². The number of hydrogen-bond donors (Lipinski definition) is 1. The van der Waals surface area contributed by atoms with Crippen molar-refractivity contribution < 1.29 is 13.9 Å². The van der Waals surface area contributed by atoms with E-state index in [4.69, 9.17) is 25.5 Å². The van der Waals surface area contributed by atoms with Gasteiger partial charge in [0.15, 0.2) is 11.5 Å². The summed E-state index contributed by atoms with van der Waals surface area (Å²) >= 11 is 7.95. The predicted octanol–water partition coefficient (Wildman–Crippen LogP) is 4.43. The lowest BCUT2D eigenvalue weighted by atomic mass is 10.2. The molecular formula is C15H18ClNO3S. The average molecular weight is 328 g/mol. The average Bonchev–Trinajstić information content (AvgIpc) is 2.93. The Morgan fingerprint density at radius 1 is 1.14 bits per heavy atom. The maximum atomic E-state index is 6.23. The van der Waals surface area contributed by atoms with Crippen LogP contribution in [0.15, 0.2) is 28.7 Å². The molecule has 0 radical (unpaired) electrons. The Hall–Kier alpha value is -1.46. The Kier molecular flexibility index (Phi) is 5.70. The molecule has 4 nitrogen and oxygen atoms in total. The van der Waals surface area contributed by atoms with E-state index in [-0.39, 0.29) is 0 Å². The molecule has 0 spiro atoms. The highest BCUT2D eigenvalue weighted by atomic mass is 35.5. The molecule has 0 saturated carbocycles. The van der Waals surface area contributed by atoms with Crippen molar-refractivity contribution in [3.8, 4) is 11.5 Å². The van der Waals surface area contributed by atoms with Crippen molar-refractivity contribution in [1.29, 1.82) is 0 Å². The first-order chi connectivity index (χ1) is 10.2. The molecule has 0 aliphatic heterocycles. The van der Waals surface area contributed by atoms with Crippen LogP contribution in [0.2, 0.25) is 5.02 Å². The molecule has 0 amide bonds. The van der Waals surface area contributed by atoms with Crippen LogP contribution >= 0.6 is 23.4 Å². The topological polar surface area (TPSA) is 43.6 Å². The summed E-state index contributed by atoms with van der Waals surface area (Å²) in [6.45, 7) is 0.559. The van der Waals surface area contributed by atoms with E-state index in [1.807, 2.05) is 24.5 Å². The third-order valence-electron chi connectivity index (χ3n) is 2.93. The minimum absolute atomic E-state index is 0.559. The van der Waals surface area contributed by atoms with Gasteiger partial charge in [-0.15, -0.1) is 0 Å². The SMILES string of the molecule is COc1cc(Cl)c(NCc2ccc(CSC)o2)cc1OC. The monoisotopic (exact) mass is 327 g/mol. The lowest BCUT2D eigenvalue weighted by Gasteiger charge is -2.12. The van der Waals surface area contributed by atoms with Gasteiger partial charge in [-0.25, -0.2) is 0 Å². The van der Waals surface area contributed by atoms with Crippen LogP contribution in [0.4, 0.5) is 5.69 Å². The van der Waals surface area contributed by atoms with Crippen molar-refractivity contribution in [2.45, 2.75) is 12.3 Å². The number of nitrogens with one attached hydrogen (secondary N) is 1. The van der Waals surface area contributed by atoms with Crippen LogP contribution in [0.5, 0.6) is 11.5 Å². The number of methoxy groups -OCH3 is 2. The fourth-order valence-corrected chi connectivity index (χ4v) is 2.57. The first-order valence-electron chi connectivity index (χ1n) is 6.39. The zero-order valence-electron chi connectivity index (χ0n) is 12.2. The molecule has 0 bridgehead atoms. The molecule has 0 aliphatic rings. The van der Waals surface area contributed by atoms with Crippen molar-refractivity contribution in [3.05, 3.63) is 40.8 Å². The maximum Gasteiger partial charge on any atom is 0.162 e. The van der Waals surface area contributed by atoms with Crippen LogP contribution in [0.3, 0.4) is 0 Å². The second kappa shape index (κ2) is 7.52. The first-order valence-corrected chi connectivity index (χ1v) is 8.17. The van der Waals surface area contributed by atoms with E-state index in [2.05, 4.69) is 5.32 Å². The van der Waals surface area contributed by atoms with E-state index in [0.717, 1.165) is 23.0 Å². The van der Waals surface area contributed by atoms with Gasteiger partial charge in [0.05, 0.1) is 37.2 Å². The zero-order chi connectivity index (χ0) is 15.2. The minimum Gasteiger partial charge on any atom is -0.493 e. The Labute approximate surface area is 133 Å². The van der Waals surface area contributed by atoms with Gasteiger partial charge in [0.2, 0.25) is 0 Å². The van der Waals surface area contributed by atoms with Crippen LogP contribution in [-0.4, -0.2) is 20.5 Å². The van der Waals surface area contributed by atoms with Crippen molar-refractivity contribution >= 4 is 29.1 Å². The molecule has 114 valence electrons. The van der Waals surface area contributed by atoms with Crippen LogP contribution in [0.25, 0.3) is 0 Å². The maximum absolute atomic E-state index is 6.23. The largest absolute Gasteiger partial charge is 0.493 e. The van der Waals surface area contributed by atoms with Crippen LogP contribution < -0.4 is 14.8 Å². The Morgan fingerprint density at radius 2 is 1.81 bits per heavy atom. The molecule has 1 heterocycles. The number of hydrogen-bond acceptors (Lipinski definition) is 5. The van der Waals surface area contributed by atoms with E-state index in [0.29, 0.717) is 23.1 Å². The Bertz CT molecular complexity index is 601. The number of halogens is 1. The predicted molar refractivity (Wildman–Crippen MR) is 87.8 cm³/mol. The summed E-state index contributed by atoms with van der Waals surface area (Å²) in [6.07, 6.45) is 2.05. The van der Waals surface area contributed by atoms with Gasteiger partial charge in [-0.2, -0.15) is 11.8 Å². The highest BCUT2D eigenvalue weighted by Crippen LogP contribution is 2.36. The quantitative estimate of drug-likeness (QED) is 0.815. The van der Waals surface area contributed by atoms with Gasteiger partial charge >= 0.3 is 0 Å². The summed E-state index contributed by atoms with van der Waals surface area (Å²) in [5, 5.41) is 3.82. The summed E-state index contributed by atoms with van der Waals surface area (Å²) in [5.41, 5.74) is 0.775. The van der Waals surface area contributed by atoms with Crippen LogP contribution in [0, 0.1) is 0 Å². The minimum atomic E-state index is 0.559. The molecule has 6 heteroatoms. The van der Waals surface area contributed by atoms with Crippen molar-refractivity contribution in [2.75, 3.05) is 25.8 Å². The lowest BCUT2D eigenvalue weighted by Crippen LogP contribution is -2.00. The van der Waals surface area contributed by atoms with E-state index in [1.54, 1.807) is 32.0 Å². The molecule has 0 unspecified atom stereocenters. The first kappa shape index (κ1) is 15.9. The van der Waals surface area contributed by atoms with Crippen LogP contribution in [0.1, 0.15) is 11.5 Å². The van der Waals surface area contributed by atoms with E-state index in [1.165, 1.54) is 0 Å². The molecule has 0 aliphatic carbocycles. The summed E-state index contributed by atoms with van der Waals surface area (Å²) in [4.78, 5) is 0. The molecule has 2 aromatic rings. The summed E-state index contributed by atoms with van der Waals surface area (Å²) in [5.74, 6) is 3.94. The molecule has 0 atom stereocenters. The molecule has 0 saturated heterocycles. The number of anilines is 1. The third-order valence-corrected chi connectivity index (χ3v) is 3.82. The molecule has 1 N–H and O–H groups in total. The van der Waals surface area contributed by atoms with E-state index >= 15 is 0 Å². The van der Waals surface area contributed by atoms with Gasteiger partial charge in [-0.05, 0) is 18.4 Å². The van der Waals surface area contributed by atoms with Gasteiger partial charge < -0.3 is 19.2 Å². The summed E-state index contributed by atoms with van der Waals surface area (Å²) in [7, 11) is 3.17. The van der Waals surface area contributed by atoms with Crippen molar-refractivity contribution in [3.63, 3.8) is 0 Å². The second-order valence-corrected chi connectivity index (χ2v) is 5.61. The van der Waals surface area contributed by atoms with Crippen LogP contribution in [-0.2, 0) is 12.3 Å². The number of rotatable bonds is 7. The van der Waals surface area contributed by atoms with Gasteiger partial charge in [0, 0.05) is 12.1 Å². The third kappa shape index (κ3) is 4.02. The Balaban J connectivity index is 2.08. The number of ether oxygens (including phenoxy) is 2. The highest BCUT2D eigenvalue weighted by molar-refractivity contribution is 7.97. The fraction of sp³-hybridized carbons (Fsp3) is 0.333. The van der Waals surface area contributed by atoms with Gasteiger partial charge in [-0.1, -0.05) is 11.6 Å². The summed E-state index contributed by atoms with van der Waals surface area (Å²) < 4.78 is 16.2. The fourth-order valence-electron chi connectivity index (χ4n) is 1.91. The molecule has 21 heavy (non-hydrogen) atoms. The highest BCUT2D eigenvalue weighted by Gasteiger charge is 2.10. The Morgan fingerprint density at radius 3 is 2.48 bits per heavy atom. The molecule has 1 aromatic heterocycles. The number of furan rings is 1. The van der Waals surface area contributed by atoms with Gasteiger partial charge in [0.1, 0.15) is 11.5 Å². The smallest absolute Gasteiger partial charge is 0.162 e. The second-order valence-electron chi connectivity index (χ2n) is 4.34. The molecule has 2 rings (SSSR count). The van der Waals surface area contributed by atoms with Gasteiger partial charge in [-0.3, -0.25) is 0 Å². The zero-order valence-corrected chi connectivity index (χ0v) is 13.8. The van der Waals surface area contributed by atoms with E-state index < -0.39 is 0 Å². The molecular weight excluding hydrogens is 310 g/mol. The van der Waals surface area contributed by atoms with Crippen molar-refractivity contribution in [1.82, 2.24) is 0 Å².